The number of morpholine rings is 1. The lowest BCUT2D eigenvalue weighted by molar-refractivity contribution is 0.122. The summed E-state index contributed by atoms with van der Waals surface area (Å²) in [5.41, 5.74) is 1.82. The van der Waals surface area contributed by atoms with Gasteiger partial charge in [0.1, 0.15) is 5.01 Å². The van der Waals surface area contributed by atoms with Crippen LogP contribution >= 0.6 is 22.9 Å². The normalized spacial score (nSPS) is 15.3. The van der Waals surface area contributed by atoms with E-state index < -0.39 is 5.92 Å². The van der Waals surface area contributed by atoms with Gasteiger partial charge >= 0.3 is 0 Å². The second-order valence-corrected chi connectivity index (χ2v) is 7.09. The van der Waals surface area contributed by atoms with Crippen molar-refractivity contribution in [2.75, 3.05) is 31.2 Å². The van der Waals surface area contributed by atoms with Crippen LogP contribution in [0.1, 0.15) is 16.7 Å². The van der Waals surface area contributed by atoms with Crippen molar-refractivity contribution >= 4 is 28.9 Å². The highest BCUT2D eigenvalue weighted by molar-refractivity contribution is 7.10. The summed E-state index contributed by atoms with van der Waals surface area (Å²) in [5.74, 6) is 0.0779. The first-order chi connectivity index (χ1) is 13.2. The van der Waals surface area contributed by atoms with E-state index >= 15 is 0 Å². The predicted molar refractivity (Wildman–Crippen MR) is 103 cm³/mol. The molecule has 0 bridgehead atoms. The Bertz CT molecular complexity index is 967. The minimum atomic E-state index is -0.701. The molecule has 0 N–H and O–H groups in total. The van der Waals surface area contributed by atoms with Crippen molar-refractivity contribution in [1.82, 2.24) is 19.9 Å². The molecule has 1 aromatic carbocycles. The summed E-state index contributed by atoms with van der Waals surface area (Å²) in [6, 6.07) is 12.1. The fourth-order valence-corrected chi connectivity index (χ4v) is 3.80. The number of nitriles is 1. The number of aromatic nitrogens is 4. The van der Waals surface area contributed by atoms with Gasteiger partial charge in [0.05, 0.1) is 25.0 Å². The van der Waals surface area contributed by atoms with Crippen LogP contribution in [0.4, 0.5) is 5.95 Å². The number of rotatable bonds is 4. The van der Waals surface area contributed by atoms with Gasteiger partial charge in [-0.15, -0.1) is 11.3 Å². The van der Waals surface area contributed by atoms with Crippen LogP contribution in [0.3, 0.4) is 0 Å². The minimum Gasteiger partial charge on any atom is -0.378 e. The summed E-state index contributed by atoms with van der Waals surface area (Å²) in [5, 5.41) is 12.4. The molecular formula is C18H15ClN6OS. The van der Waals surface area contributed by atoms with Gasteiger partial charge in [-0.25, -0.2) is 9.97 Å². The summed E-state index contributed by atoms with van der Waals surface area (Å²) in [7, 11) is 0. The van der Waals surface area contributed by atoms with Crippen LogP contribution in [0.2, 0.25) is 5.28 Å². The Balaban J connectivity index is 1.66. The van der Waals surface area contributed by atoms with Crippen molar-refractivity contribution in [3.63, 3.8) is 0 Å². The highest BCUT2D eigenvalue weighted by atomic mass is 35.5. The number of hydrogen-bond acceptors (Lipinski definition) is 8. The van der Waals surface area contributed by atoms with Crippen molar-refractivity contribution in [3.05, 3.63) is 51.8 Å². The van der Waals surface area contributed by atoms with Crippen LogP contribution in [-0.2, 0) is 4.74 Å². The Morgan fingerprint density at radius 1 is 1.11 bits per heavy atom. The SMILES string of the molecule is N#CC(c1nc(Cl)nc(N2CCOCC2)n1)c1nc(-c2ccccc2)cs1. The Morgan fingerprint density at radius 2 is 1.89 bits per heavy atom. The molecule has 1 saturated heterocycles. The third-order valence-electron chi connectivity index (χ3n) is 4.13. The quantitative estimate of drug-likeness (QED) is 0.667. The van der Waals surface area contributed by atoms with Gasteiger partial charge in [-0.2, -0.15) is 15.2 Å². The maximum atomic E-state index is 9.74. The molecule has 0 radical (unpaired) electrons. The van der Waals surface area contributed by atoms with E-state index in [1.165, 1.54) is 11.3 Å². The highest BCUT2D eigenvalue weighted by Gasteiger charge is 2.24. The molecule has 1 atom stereocenters. The van der Waals surface area contributed by atoms with Crippen molar-refractivity contribution in [3.8, 4) is 17.3 Å². The lowest BCUT2D eigenvalue weighted by Crippen LogP contribution is -2.37. The maximum absolute atomic E-state index is 9.74. The topological polar surface area (TPSA) is 87.8 Å². The van der Waals surface area contributed by atoms with Gasteiger partial charge in [-0.1, -0.05) is 30.3 Å². The summed E-state index contributed by atoms with van der Waals surface area (Å²) in [6.07, 6.45) is 0. The second-order valence-electron chi connectivity index (χ2n) is 5.86. The molecule has 7 nitrogen and oxygen atoms in total. The average Bonchev–Trinajstić information content (AvgIpc) is 3.19. The summed E-state index contributed by atoms with van der Waals surface area (Å²) >= 11 is 7.52. The second kappa shape index (κ2) is 7.96. The van der Waals surface area contributed by atoms with E-state index in [-0.39, 0.29) is 5.28 Å². The van der Waals surface area contributed by atoms with Crippen molar-refractivity contribution in [2.45, 2.75) is 5.92 Å². The fraction of sp³-hybridized carbons (Fsp3) is 0.278. The number of halogens is 1. The van der Waals surface area contributed by atoms with Gasteiger partial charge in [-0.05, 0) is 11.6 Å². The fourth-order valence-electron chi connectivity index (χ4n) is 2.77. The molecule has 0 saturated carbocycles. The third kappa shape index (κ3) is 3.90. The van der Waals surface area contributed by atoms with Crippen LogP contribution in [0.5, 0.6) is 0 Å². The first-order valence-electron chi connectivity index (χ1n) is 8.39. The molecule has 9 heteroatoms. The van der Waals surface area contributed by atoms with E-state index in [2.05, 4.69) is 26.0 Å². The number of benzene rings is 1. The van der Waals surface area contributed by atoms with Gasteiger partial charge in [0.15, 0.2) is 11.7 Å². The Labute approximate surface area is 165 Å². The van der Waals surface area contributed by atoms with Crippen molar-refractivity contribution in [2.24, 2.45) is 0 Å². The number of hydrogen-bond donors (Lipinski definition) is 0. The van der Waals surface area contributed by atoms with E-state index in [4.69, 9.17) is 16.3 Å². The molecule has 2 aromatic heterocycles. The molecule has 4 rings (SSSR count). The third-order valence-corrected chi connectivity index (χ3v) is 5.21. The Morgan fingerprint density at radius 3 is 2.63 bits per heavy atom. The molecular weight excluding hydrogens is 384 g/mol. The first-order valence-corrected chi connectivity index (χ1v) is 9.65. The molecule has 3 aromatic rings. The van der Waals surface area contributed by atoms with Gasteiger partial charge in [-0.3, -0.25) is 0 Å². The minimum absolute atomic E-state index is 0.0709. The maximum Gasteiger partial charge on any atom is 0.230 e. The largest absolute Gasteiger partial charge is 0.378 e. The van der Waals surface area contributed by atoms with Crippen LogP contribution in [-0.4, -0.2) is 46.2 Å². The molecule has 3 heterocycles. The summed E-state index contributed by atoms with van der Waals surface area (Å²) in [4.78, 5) is 19.5. The van der Waals surface area contributed by atoms with Crippen LogP contribution in [0.15, 0.2) is 35.7 Å². The predicted octanol–water partition coefficient (Wildman–Crippen LogP) is 3.14. The smallest absolute Gasteiger partial charge is 0.230 e. The average molecular weight is 399 g/mol. The number of nitrogens with zero attached hydrogens (tertiary/aromatic N) is 6. The molecule has 27 heavy (non-hydrogen) atoms. The van der Waals surface area contributed by atoms with E-state index in [9.17, 15) is 5.26 Å². The number of anilines is 1. The van der Waals surface area contributed by atoms with E-state index in [1.54, 1.807) is 0 Å². The molecule has 0 spiro atoms. The van der Waals surface area contributed by atoms with Crippen molar-refractivity contribution < 1.29 is 4.74 Å². The van der Waals surface area contributed by atoms with E-state index in [0.717, 1.165) is 11.3 Å². The first kappa shape index (κ1) is 17.8. The highest BCUT2D eigenvalue weighted by Crippen LogP contribution is 2.30. The Hall–Kier alpha value is -2.60. The summed E-state index contributed by atoms with van der Waals surface area (Å²) in [6.45, 7) is 2.55. The summed E-state index contributed by atoms with van der Waals surface area (Å²) < 4.78 is 5.36. The zero-order valence-corrected chi connectivity index (χ0v) is 15.8. The van der Waals surface area contributed by atoms with Crippen LogP contribution < -0.4 is 4.90 Å². The van der Waals surface area contributed by atoms with Gasteiger partial charge < -0.3 is 9.64 Å². The lowest BCUT2D eigenvalue weighted by Gasteiger charge is -2.26. The number of thiazole rings is 1. The van der Waals surface area contributed by atoms with Crippen molar-refractivity contribution in [1.29, 1.82) is 5.26 Å². The lowest BCUT2D eigenvalue weighted by atomic mass is 10.1. The monoisotopic (exact) mass is 398 g/mol. The molecule has 1 fully saturated rings. The zero-order valence-electron chi connectivity index (χ0n) is 14.2. The molecule has 1 aliphatic heterocycles. The Kier molecular flexibility index (Phi) is 5.25. The van der Waals surface area contributed by atoms with Gasteiger partial charge in [0.25, 0.3) is 0 Å². The van der Waals surface area contributed by atoms with Gasteiger partial charge in [0, 0.05) is 24.0 Å². The van der Waals surface area contributed by atoms with Crippen LogP contribution in [0.25, 0.3) is 11.3 Å². The molecule has 136 valence electrons. The van der Waals surface area contributed by atoms with Gasteiger partial charge in [0.2, 0.25) is 11.2 Å². The molecule has 0 amide bonds. The van der Waals surface area contributed by atoms with Crippen LogP contribution in [0, 0.1) is 11.3 Å². The zero-order chi connectivity index (χ0) is 18.6. The molecule has 1 unspecified atom stereocenters. The standard InChI is InChI=1S/C18H15ClN6OS/c19-17-22-15(23-18(24-17)25-6-8-26-9-7-25)13(10-20)16-21-14(11-27-16)12-4-2-1-3-5-12/h1-5,11,13H,6-9H2. The van der Waals surface area contributed by atoms with E-state index in [1.807, 2.05) is 40.6 Å². The van der Waals surface area contributed by atoms with E-state index in [0.29, 0.717) is 43.1 Å². The number of ether oxygens (including phenoxy) is 1. The molecule has 0 aliphatic carbocycles. The molecule has 1 aliphatic rings.